The molecule has 0 bridgehead atoms. The lowest BCUT2D eigenvalue weighted by molar-refractivity contribution is 0.00888. The van der Waals surface area contributed by atoms with Crippen LogP contribution in [0.25, 0.3) is 23.1 Å². The molecule has 0 radical (unpaired) electrons. The molecule has 4 rings (SSSR count). The third-order valence-corrected chi connectivity index (χ3v) is 5.92. The van der Waals surface area contributed by atoms with Crippen LogP contribution in [0.2, 0.25) is 0 Å². The first-order valence-corrected chi connectivity index (χ1v) is 11.3. The number of hydrogen-bond acceptors (Lipinski definition) is 6. The molecule has 8 nitrogen and oxygen atoms in total. The highest BCUT2D eigenvalue weighted by molar-refractivity contribution is 6.02. The Morgan fingerprint density at radius 3 is 2.43 bits per heavy atom. The molecule has 0 aliphatic rings. The third kappa shape index (κ3) is 4.75. The number of hydrogen-bond donors (Lipinski definition) is 3. The Morgan fingerprint density at radius 1 is 1.03 bits per heavy atom. The second-order valence-electron chi connectivity index (χ2n) is 8.29. The third-order valence-electron chi connectivity index (χ3n) is 5.92. The minimum absolute atomic E-state index is 0.225. The molecule has 178 valence electrons. The number of guanidine groups is 1. The molecule has 5 N–H and O–H groups in total. The van der Waals surface area contributed by atoms with Crippen LogP contribution in [0.15, 0.2) is 72.9 Å². The van der Waals surface area contributed by atoms with Crippen molar-refractivity contribution in [2.24, 2.45) is 11.5 Å². The number of nitrogens with zero attached hydrogens (tertiary/aromatic N) is 4. The highest BCUT2D eigenvalue weighted by Gasteiger charge is 2.40. The molecule has 0 saturated carbocycles. The van der Waals surface area contributed by atoms with Crippen molar-refractivity contribution in [2.75, 3.05) is 12.0 Å². The number of ether oxygens (including phenoxy) is 1. The fourth-order valence-electron chi connectivity index (χ4n) is 4.14. The van der Waals surface area contributed by atoms with Gasteiger partial charge in [-0.3, -0.25) is 15.3 Å². The number of benzene rings is 2. The number of methoxy groups -OCH3 is 1. The van der Waals surface area contributed by atoms with Crippen molar-refractivity contribution in [1.82, 2.24) is 15.0 Å². The number of nitrogens with one attached hydrogen (secondary N) is 1. The van der Waals surface area contributed by atoms with E-state index >= 15 is 0 Å². The fraction of sp³-hybridized carbons (Fsp3) is 0.185. The zero-order valence-electron chi connectivity index (χ0n) is 20.0. The van der Waals surface area contributed by atoms with Gasteiger partial charge in [-0.1, -0.05) is 42.5 Å². The summed E-state index contributed by atoms with van der Waals surface area (Å²) in [5.74, 6) is 0.680. The highest BCUT2D eigenvalue weighted by Crippen LogP contribution is 2.38. The molecule has 0 amide bonds. The van der Waals surface area contributed by atoms with Gasteiger partial charge >= 0.3 is 0 Å². The average Bonchev–Trinajstić information content (AvgIpc) is 2.87. The smallest absolute Gasteiger partial charge is 0.196 e. The predicted molar refractivity (Wildman–Crippen MR) is 141 cm³/mol. The number of para-hydroxylation sites is 1. The summed E-state index contributed by atoms with van der Waals surface area (Å²) in [4.78, 5) is 15.4. The van der Waals surface area contributed by atoms with Crippen LogP contribution in [-0.4, -0.2) is 28.0 Å². The zero-order valence-corrected chi connectivity index (χ0v) is 20.0. The zero-order chi connectivity index (χ0) is 25.0. The standard InChI is InChI=1S/C27H29N7O/c1-18(28)20-11-4-6-13-22(20)27(2,35-3)34(26(29)30)25-21-12-5-7-14-23(21)32-24(33-25)16-15-19-10-8-9-17-31-19/h4-18H,28H2,1-3H3,(H3,29,30)/b16-15+. The van der Waals surface area contributed by atoms with Crippen molar-refractivity contribution in [3.8, 4) is 0 Å². The fourth-order valence-corrected chi connectivity index (χ4v) is 4.14. The van der Waals surface area contributed by atoms with E-state index in [0.29, 0.717) is 17.2 Å². The number of aromatic nitrogens is 3. The first-order chi connectivity index (χ1) is 16.8. The van der Waals surface area contributed by atoms with E-state index in [-0.39, 0.29) is 12.0 Å². The van der Waals surface area contributed by atoms with Crippen LogP contribution < -0.4 is 16.4 Å². The molecule has 35 heavy (non-hydrogen) atoms. The number of nitrogens with two attached hydrogens (primary N) is 2. The average molecular weight is 468 g/mol. The van der Waals surface area contributed by atoms with Crippen LogP contribution in [0.3, 0.4) is 0 Å². The summed E-state index contributed by atoms with van der Waals surface area (Å²) in [6.07, 6.45) is 5.35. The maximum Gasteiger partial charge on any atom is 0.196 e. The van der Waals surface area contributed by atoms with Crippen molar-refractivity contribution in [3.63, 3.8) is 0 Å². The van der Waals surface area contributed by atoms with E-state index in [1.54, 1.807) is 24.3 Å². The van der Waals surface area contributed by atoms with Gasteiger partial charge in [0, 0.05) is 30.3 Å². The van der Waals surface area contributed by atoms with Crippen molar-refractivity contribution >= 4 is 34.8 Å². The molecular weight excluding hydrogens is 438 g/mol. The van der Waals surface area contributed by atoms with Gasteiger partial charge < -0.3 is 16.2 Å². The van der Waals surface area contributed by atoms with E-state index in [1.807, 2.05) is 86.7 Å². The molecule has 0 saturated heterocycles. The molecule has 8 heteroatoms. The molecule has 0 spiro atoms. The number of fused-ring (bicyclic) bond motifs is 1. The Morgan fingerprint density at radius 2 is 1.74 bits per heavy atom. The topological polar surface area (TPSA) is 127 Å². The summed E-state index contributed by atoms with van der Waals surface area (Å²) in [7, 11) is 1.58. The van der Waals surface area contributed by atoms with Crippen molar-refractivity contribution < 1.29 is 4.74 Å². The van der Waals surface area contributed by atoms with Crippen LogP contribution in [0.1, 0.15) is 42.5 Å². The van der Waals surface area contributed by atoms with Gasteiger partial charge in [0.05, 0.1) is 11.2 Å². The van der Waals surface area contributed by atoms with E-state index in [9.17, 15) is 0 Å². The summed E-state index contributed by atoms with van der Waals surface area (Å²) < 4.78 is 6.07. The van der Waals surface area contributed by atoms with E-state index in [0.717, 1.165) is 22.2 Å². The summed E-state index contributed by atoms with van der Waals surface area (Å²) >= 11 is 0. The quantitative estimate of drug-likeness (QED) is 0.208. The maximum absolute atomic E-state index is 8.56. The maximum atomic E-state index is 8.56. The van der Waals surface area contributed by atoms with Gasteiger partial charge in [-0.25, -0.2) is 9.97 Å². The molecule has 2 heterocycles. The Hall–Kier alpha value is -4.14. The molecule has 2 aromatic heterocycles. The lowest BCUT2D eigenvalue weighted by atomic mass is 9.93. The molecule has 0 aliphatic carbocycles. The molecule has 2 unspecified atom stereocenters. The van der Waals surface area contributed by atoms with Gasteiger partial charge in [0.15, 0.2) is 17.5 Å². The predicted octanol–water partition coefficient (Wildman–Crippen LogP) is 4.43. The largest absolute Gasteiger partial charge is 0.370 e. The van der Waals surface area contributed by atoms with Crippen LogP contribution in [0, 0.1) is 5.41 Å². The molecule has 0 aliphatic heterocycles. The number of anilines is 1. The molecule has 2 aromatic carbocycles. The summed E-state index contributed by atoms with van der Waals surface area (Å²) in [5, 5.41) is 9.30. The van der Waals surface area contributed by atoms with Crippen LogP contribution in [-0.2, 0) is 10.5 Å². The van der Waals surface area contributed by atoms with Gasteiger partial charge in [0.1, 0.15) is 5.82 Å². The first kappa shape index (κ1) is 24.0. The van der Waals surface area contributed by atoms with Crippen molar-refractivity contribution in [3.05, 3.63) is 95.6 Å². The minimum atomic E-state index is -1.17. The van der Waals surface area contributed by atoms with Crippen molar-refractivity contribution in [1.29, 1.82) is 5.41 Å². The monoisotopic (exact) mass is 467 g/mol. The Balaban J connectivity index is 1.93. The lowest BCUT2D eigenvalue weighted by Crippen LogP contribution is -2.53. The summed E-state index contributed by atoms with van der Waals surface area (Å²) in [6, 6.07) is 20.7. The highest BCUT2D eigenvalue weighted by atomic mass is 16.5. The minimum Gasteiger partial charge on any atom is -0.370 e. The summed E-state index contributed by atoms with van der Waals surface area (Å²) in [6.45, 7) is 3.77. The Kier molecular flexibility index (Phi) is 6.86. The van der Waals surface area contributed by atoms with Gasteiger partial charge in [0.2, 0.25) is 0 Å². The normalized spacial score (nSPS) is 14.1. The van der Waals surface area contributed by atoms with Gasteiger partial charge in [-0.15, -0.1) is 0 Å². The summed E-state index contributed by atoms with van der Waals surface area (Å²) in [5.41, 5.74) is 14.5. The number of rotatable bonds is 7. The van der Waals surface area contributed by atoms with Crippen LogP contribution in [0.5, 0.6) is 0 Å². The van der Waals surface area contributed by atoms with Crippen LogP contribution >= 0.6 is 0 Å². The van der Waals surface area contributed by atoms with Crippen LogP contribution in [0.4, 0.5) is 5.82 Å². The van der Waals surface area contributed by atoms with E-state index < -0.39 is 5.72 Å². The SMILES string of the molecule is COC(C)(c1ccccc1C(C)N)N(C(=N)N)c1nc(/C=C/c2ccccn2)nc2ccccc12. The van der Waals surface area contributed by atoms with E-state index in [1.165, 1.54) is 0 Å². The van der Waals surface area contributed by atoms with Gasteiger partial charge in [-0.2, -0.15) is 0 Å². The first-order valence-electron chi connectivity index (χ1n) is 11.3. The van der Waals surface area contributed by atoms with Crippen molar-refractivity contribution in [2.45, 2.75) is 25.6 Å². The van der Waals surface area contributed by atoms with Gasteiger partial charge in [0.25, 0.3) is 0 Å². The Labute approximate surface area is 204 Å². The van der Waals surface area contributed by atoms with E-state index in [4.69, 9.17) is 31.6 Å². The Bertz CT molecular complexity index is 1370. The number of pyridine rings is 1. The molecule has 4 aromatic rings. The molecule has 2 atom stereocenters. The molecule has 0 fully saturated rings. The second kappa shape index (κ2) is 10.0. The second-order valence-corrected chi connectivity index (χ2v) is 8.29. The van der Waals surface area contributed by atoms with Gasteiger partial charge in [-0.05, 0) is 55.8 Å². The molecular formula is C27H29N7O. The van der Waals surface area contributed by atoms with E-state index in [2.05, 4.69) is 4.98 Å². The lowest BCUT2D eigenvalue weighted by Gasteiger charge is -2.41.